The first-order valence-electron chi connectivity index (χ1n) is 12.4. The maximum atomic E-state index is 12.7. The number of amides is 1. The van der Waals surface area contributed by atoms with Gasteiger partial charge in [0.25, 0.3) is 11.8 Å². The summed E-state index contributed by atoms with van der Waals surface area (Å²) in [6.45, 7) is 3.36. The highest BCUT2D eigenvalue weighted by molar-refractivity contribution is 7.19. The van der Waals surface area contributed by atoms with Crippen LogP contribution in [-0.4, -0.2) is 48.1 Å². The number of thiazole rings is 1. The zero-order chi connectivity index (χ0) is 30.0. The molecule has 0 aliphatic rings. The molecule has 5 rings (SSSR count). The summed E-state index contributed by atoms with van der Waals surface area (Å²) in [7, 11) is 4.60. The van der Waals surface area contributed by atoms with E-state index in [1.807, 2.05) is 13.0 Å². The molecule has 3 heterocycles. The van der Waals surface area contributed by atoms with Crippen LogP contribution in [0, 0.1) is 6.92 Å². The molecule has 0 bridgehead atoms. The third-order valence-electron chi connectivity index (χ3n) is 6.10. The van der Waals surface area contributed by atoms with Crippen molar-refractivity contribution in [3.63, 3.8) is 0 Å². The molecule has 14 heteroatoms. The predicted octanol–water partition coefficient (Wildman–Crippen LogP) is 6.04. The number of carbonyl (C=O) groups excluding carboxylic acids is 2. The first-order chi connectivity index (χ1) is 20.2. The van der Waals surface area contributed by atoms with Crippen LogP contribution in [-0.2, 0) is 0 Å². The van der Waals surface area contributed by atoms with Crippen molar-refractivity contribution in [3.8, 4) is 39.4 Å². The number of thiophene rings is 1. The van der Waals surface area contributed by atoms with Gasteiger partial charge in [0.1, 0.15) is 10.7 Å². The molecule has 0 saturated carbocycles. The summed E-state index contributed by atoms with van der Waals surface area (Å²) < 4.78 is 21.8. The number of methoxy groups -OCH3 is 3. The van der Waals surface area contributed by atoms with Crippen molar-refractivity contribution in [1.82, 2.24) is 15.1 Å². The molecule has 0 atom stereocenters. The van der Waals surface area contributed by atoms with Gasteiger partial charge in [0.05, 0.1) is 31.1 Å². The van der Waals surface area contributed by atoms with Gasteiger partial charge in [-0.25, -0.2) is 4.98 Å². The van der Waals surface area contributed by atoms with Crippen LogP contribution in [0.3, 0.4) is 0 Å². The number of nitrogens with zero attached hydrogens (tertiary/aromatic N) is 3. The summed E-state index contributed by atoms with van der Waals surface area (Å²) in [6.07, 6.45) is 0. The Labute approximate surface area is 248 Å². The Morgan fingerprint density at radius 2 is 1.62 bits per heavy atom. The maximum Gasteiger partial charge on any atom is 0.272 e. The van der Waals surface area contributed by atoms with Crippen LogP contribution < -0.4 is 30.6 Å². The molecule has 0 saturated heterocycles. The van der Waals surface area contributed by atoms with E-state index in [9.17, 15) is 9.59 Å². The van der Waals surface area contributed by atoms with Gasteiger partial charge >= 0.3 is 0 Å². The second kappa shape index (κ2) is 11.9. The van der Waals surface area contributed by atoms with Crippen LogP contribution in [0.25, 0.3) is 22.2 Å². The lowest BCUT2D eigenvalue weighted by atomic mass is 10.1. The average molecular weight is 607 g/mol. The van der Waals surface area contributed by atoms with Crippen molar-refractivity contribution < 1.29 is 28.3 Å². The Kier molecular flexibility index (Phi) is 8.08. The summed E-state index contributed by atoms with van der Waals surface area (Å²) in [5.41, 5.74) is 8.93. The van der Waals surface area contributed by atoms with Crippen molar-refractivity contribution >= 4 is 56.7 Å². The lowest BCUT2D eigenvalue weighted by Crippen LogP contribution is -2.10. The number of nitrogens with one attached hydrogen (secondary N) is 2. The number of aryl methyl sites for hydroxylation is 1. The fraction of sp³-hybridized carbons (Fsp3) is 0.179. The number of hydrogen-bond donors (Lipinski definition) is 3. The second-order valence-corrected chi connectivity index (χ2v) is 11.0. The van der Waals surface area contributed by atoms with E-state index >= 15 is 0 Å². The number of ether oxygens (including phenoxy) is 3. The van der Waals surface area contributed by atoms with E-state index in [4.69, 9.17) is 24.5 Å². The number of rotatable bonds is 10. The Hall–Kier alpha value is -4.95. The van der Waals surface area contributed by atoms with Crippen LogP contribution in [0.15, 0.2) is 47.0 Å². The van der Waals surface area contributed by atoms with Crippen molar-refractivity contribution in [1.29, 1.82) is 0 Å². The standard InChI is InChI=1S/C28H26N6O6S2/c1-13-6-7-15(30-26(36)21-9-8-20(41-21)14(2)35)10-17(13)25-33-27(40-34-25)23-24(29)32-28(42-23)31-16-11-18(37-3)22(39-5)19(12-16)38-4/h6-12H,29H2,1-5H3,(H,30,36)(H,31,32). The van der Waals surface area contributed by atoms with Gasteiger partial charge in [0, 0.05) is 29.1 Å². The molecule has 42 heavy (non-hydrogen) atoms. The highest BCUT2D eigenvalue weighted by Crippen LogP contribution is 2.42. The number of carbonyl (C=O) groups is 2. The minimum absolute atomic E-state index is 0.0877. The van der Waals surface area contributed by atoms with E-state index < -0.39 is 0 Å². The average Bonchev–Trinajstić information content (AvgIpc) is 3.73. The molecule has 12 nitrogen and oxygen atoms in total. The minimum atomic E-state index is -0.319. The van der Waals surface area contributed by atoms with Gasteiger partial charge in [-0.2, -0.15) is 4.98 Å². The van der Waals surface area contributed by atoms with E-state index in [2.05, 4.69) is 25.8 Å². The number of nitrogens with two attached hydrogens (primary N) is 1. The maximum absolute atomic E-state index is 12.7. The molecular weight excluding hydrogens is 580 g/mol. The Morgan fingerprint density at radius 3 is 2.26 bits per heavy atom. The third kappa shape index (κ3) is 5.75. The lowest BCUT2D eigenvalue weighted by molar-refractivity contribution is 0.101. The van der Waals surface area contributed by atoms with E-state index in [1.54, 1.807) is 36.4 Å². The summed E-state index contributed by atoms with van der Waals surface area (Å²) in [6, 6.07) is 12.1. The van der Waals surface area contributed by atoms with Crippen molar-refractivity contribution in [2.75, 3.05) is 37.7 Å². The predicted molar refractivity (Wildman–Crippen MR) is 162 cm³/mol. The van der Waals surface area contributed by atoms with Gasteiger partial charge in [-0.1, -0.05) is 22.6 Å². The first kappa shape index (κ1) is 28.6. The van der Waals surface area contributed by atoms with Crippen LogP contribution in [0.1, 0.15) is 31.8 Å². The van der Waals surface area contributed by atoms with Crippen LogP contribution in [0.4, 0.5) is 22.3 Å². The summed E-state index contributed by atoms with van der Waals surface area (Å²) in [5.74, 6) is 1.75. The molecule has 4 N–H and O–H groups in total. The van der Waals surface area contributed by atoms with E-state index in [1.165, 1.54) is 39.6 Å². The fourth-order valence-electron chi connectivity index (χ4n) is 4.02. The Balaban J connectivity index is 1.37. The molecule has 1 amide bonds. The minimum Gasteiger partial charge on any atom is -0.493 e. The molecule has 5 aromatic rings. The van der Waals surface area contributed by atoms with Crippen LogP contribution in [0.2, 0.25) is 0 Å². The SMILES string of the molecule is COc1cc(Nc2nc(N)c(-c3nc(-c4cc(NC(=O)c5ccc(C(C)=O)s5)ccc4C)no3)s2)cc(OC)c1OC. The molecule has 0 radical (unpaired) electrons. The van der Waals surface area contributed by atoms with Crippen LogP contribution in [0.5, 0.6) is 17.2 Å². The number of aromatic nitrogens is 3. The normalized spacial score (nSPS) is 10.8. The molecule has 0 aliphatic carbocycles. The number of benzene rings is 2. The number of Topliss-reactive ketones (excluding diaryl/α,β-unsaturated/α-hetero) is 1. The van der Waals surface area contributed by atoms with E-state index in [0.717, 1.165) is 16.9 Å². The van der Waals surface area contributed by atoms with Gasteiger partial charge in [-0.3, -0.25) is 9.59 Å². The van der Waals surface area contributed by atoms with E-state index in [-0.39, 0.29) is 23.4 Å². The van der Waals surface area contributed by atoms with Crippen LogP contribution >= 0.6 is 22.7 Å². The fourth-order valence-corrected chi connectivity index (χ4v) is 5.65. The van der Waals surface area contributed by atoms with Gasteiger partial charge in [-0.05, 0) is 43.7 Å². The lowest BCUT2D eigenvalue weighted by Gasteiger charge is -2.14. The first-order valence-corrected chi connectivity index (χ1v) is 14.0. The van der Waals surface area contributed by atoms with Gasteiger partial charge in [-0.15, -0.1) is 11.3 Å². The van der Waals surface area contributed by atoms with Gasteiger partial charge in [0.15, 0.2) is 22.4 Å². The molecular formula is C28H26N6O6S2. The summed E-state index contributed by atoms with van der Waals surface area (Å²) >= 11 is 2.37. The smallest absolute Gasteiger partial charge is 0.272 e. The number of ketones is 1. The Morgan fingerprint density at radius 1 is 0.905 bits per heavy atom. The monoisotopic (exact) mass is 606 g/mol. The second-order valence-electron chi connectivity index (χ2n) is 8.90. The topological polar surface area (TPSA) is 164 Å². The summed E-state index contributed by atoms with van der Waals surface area (Å²) in [5, 5.41) is 10.7. The molecule has 0 aliphatic heterocycles. The number of hydrogen-bond acceptors (Lipinski definition) is 13. The highest BCUT2D eigenvalue weighted by atomic mass is 32.1. The highest BCUT2D eigenvalue weighted by Gasteiger charge is 2.21. The number of nitrogen functional groups attached to an aromatic ring is 1. The van der Waals surface area contributed by atoms with E-state index in [0.29, 0.717) is 59.8 Å². The quantitative estimate of drug-likeness (QED) is 0.159. The molecule has 0 spiro atoms. The Bertz CT molecular complexity index is 1770. The molecule has 3 aromatic heterocycles. The molecule has 2 aromatic carbocycles. The largest absolute Gasteiger partial charge is 0.493 e. The molecule has 0 fully saturated rings. The van der Waals surface area contributed by atoms with Gasteiger partial charge in [0.2, 0.25) is 11.6 Å². The van der Waals surface area contributed by atoms with Crippen molar-refractivity contribution in [2.45, 2.75) is 13.8 Å². The van der Waals surface area contributed by atoms with Crippen molar-refractivity contribution in [2.24, 2.45) is 0 Å². The zero-order valence-electron chi connectivity index (χ0n) is 23.2. The summed E-state index contributed by atoms with van der Waals surface area (Å²) in [4.78, 5) is 34.7. The number of anilines is 4. The zero-order valence-corrected chi connectivity index (χ0v) is 24.9. The van der Waals surface area contributed by atoms with Crippen molar-refractivity contribution in [3.05, 3.63) is 57.8 Å². The third-order valence-corrected chi connectivity index (χ3v) is 8.26. The molecule has 0 unspecified atom stereocenters. The van der Waals surface area contributed by atoms with Gasteiger partial charge < -0.3 is 35.1 Å². The molecule has 216 valence electrons.